The maximum atomic E-state index is 11.6. The highest BCUT2D eigenvalue weighted by Crippen LogP contribution is 2.22. The van der Waals surface area contributed by atoms with Gasteiger partial charge in [0, 0.05) is 6.54 Å². The maximum Gasteiger partial charge on any atom is 0.407 e. The second kappa shape index (κ2) is 9.25. The Bertz CT molecular complexity index is 684. The van der Waals surface area contributed by atoms with E-state index in [1.54, 1.807) is 13.2 Å². The Balaban J connectivity index is 1.67. The lowest BCUT2D eigenvalue weighted by Gasteiger charge is -2.06. The van der Waals surface area contributed by atoms with Crippen molar-refractivity contribution in [3.05, 3.63) is 65.7 Å². The third-order valence-corrected chi connectivity index (χ3v) is 3.36. The summed E-state index contributed by atoms with van der Waals surface area (Å²) in [7, 11) is 1.59. The molecule has 0 bridgehead atoms. The third-order valence-electron chi connectivity index (χ3n) is 3.36. The number of alkyl carbamates (subject to hydrolysis) is 1. The van der Waals surface area contributed by atoms with E-state index in [4.69, 9.17) is 15.2 Å². The number of carbonyl (C=O) groups excluding carboxylic acids is 1. The molecule has 1 amide bonds. The average molecular weight is 326 g/mol. The van der Waals surface area contributed by atoms with Gasteiger partial charge in [-0.1, -0.05) is 48.6 Å². The maximum absolute atomic E-state index is 11.6. The standard InChI is InChI=1S/C19H22N2O3/c1-23-18-13-15(10-11-17(18)20)7-5-6-12-21-19(22)24-14-16-8-3-2-4-9-16/h2-5,7-11,13H,6,12,14,20H2,1H3,(H,21,22). The number of nitrogen functional groups attached to an aromatic ring is 1. The van der Waals surface area contributed by atoms with Gasteiger partial charge >= 0.3 is 6.09 Å². The second-order valence-electron chi connectivity index (χ2n) is 5.18. The molecule has 0 heterocycles. The van der Waals surface area contributed by atoms with Crippen LogP contribution >= 0.6 is 0 Å². The Morgan fingerprint density at radius 2 is 2.00 bits per heavy atom. The van der Waals surface area contributed by atoms with Gasteiger partial charge in [-0.25, -0.2) is 4.79 Å². The zero-order chi connectivity index (χ0) is 17.2. The Kier molecular flexibility index (Phi) is 6.71. The second-order valence-corrected chi connectivity index (χ2v) is 5.18. The summed E-state index contributed by atoms with van der Waals surface area (Å²) >= 11 is 0. The molecule has 0 atom stereocenters. The molecule has 0 spiro atoms. The predicted octanol–water partition coefficient (Wildman–Crippen LogP) is 3.61. The van der Waals surface area contributed by atoms with Crippen LogP contribution in [0, 0.1) is 0 Å². The zero-order valence-electron chi connectivity index (χ0n) is 13.7. The highest BCUT2D eigenvalue weighted by Gasteiger charge is 2.01. The lowest BCUT2D eigenvalue weighted by molar-refractivity contribution is 0.140. The van der Waals surface area contributed by atoms with Gasteiger partial charge in [-0.2, -0.15) is 0 Å². The van der Waals surface area contributed by atoms with Crippen molar-refractivity contribution < 1.29 is 14.3 Å². The summed E-state index contributed by atoms with van der Waals surface area (Å²) in [5, 5.41) is 2.71. The molecular formula is C19H22N2O3. The fourth-order valence-electron chi connectivity index (χ4n) is 2.08. The molecule has 126 valence electrons. The normalized spacial score (nSPS) is 10.5. The van der Waals surface area contributed by atoms with Gasteiger partial charge in [-0.15, -0.1) is 0 Å². The van der Waals surface area contributed by atoms with Crippen molar-refractivity contribution in [3.63, 3.8) is 0 Å². The van der Waals surface area contributed by atoms with Crippen molar-refractivity contribution >= 4 is 17.9 Å². The van der Waals surface area contributed by atoms with Crippen molar-refractivity contribution in [1.82, 2.24) is 5.32 Å². The smallest absolute Gasteiger partial charge is 0.407 e. The molecule has 0 aliphatic rings. The van der Waals surface area contributed by atoms with E-state index in [-0.39, 0.29) is 6.61 Å². The number of carbonyl (C=O) groups is 1. The van der Waals surface area contributed by atoms with Gasteiger partial charge < -0.3 is 20.5 Å². The summed E-state index contributed by atoms with van der Waals surface area (Å²) in [6, 6.07) is 15.2. The first-order valence-corrected chi connectivity index (χ1v) is 7.73. The summed E-state index contributed by atoms with van der Waals surface area (Å²) in [4.78, 5) is 11.6. The molecule has 3 N–H and O–H groups in total. The third kappa shape index (κ3) is 5.68. The molecule has 0 aliphatic carbocycles. The molecule has 5 heteroatoms. The van der Waals surface area contributed by atoms with Crippen LogP contribution in [0.25, 0.3) is 6.08 Å². The molecule has 24 heavy (non-hydrogen) atoms. The fraction of sp³-hybridized carbons (Fsp3) is 0.211. The van der Waals surface area contributed by atoms with Crippen molar-refractivity contribution in [1.29, 1.82) is 0 Å². The molecule has 0 unspecified atom stereocenters. The first-order chi connectivity index (χ1) is 11.7. The summed E-state index contributed by atoms with van der Waals surface area (Å²) in [5.74, 6) is 0.653. The number of hydrogen-bond acceptors (Lipinski definition) is 4. The monoisotopic (exact) mass is 326 g/mol. The predicted molar refractivity (Wildman–Crippen MR) is 95.7 cm³/mol. The quantitative estimate of drug-likeness (QED) is 0.602. The first kappa shape index (κ1) is 17.4. The fourth-order valence-corrected chi connectivity index (χ4v) is 2.08. The topological polar surface area (TPSA) is 73.6 Å². The molecule has 0 radical (unpaired) electrons. The van der Waals surface area contributed by atoms with Crippen LogP contribution in [0.2, 0.25) is 0 Å². The lowest BCUT2D eigenvalue weighted by Crippen LogP contribution is -2.24. The van der Waals surface area contributed by atoms with E-state index < -0.39 is 6.09 Å². The Hall–Kier alpha value is -2.95. The van der Waals surface area contributed by atoms with Gasteiger partial charge in [0.05, 0.1) is 12.8 Å². The molecule has 5 nitrogen and oxygen atoms in total. The first-order valence-electron chi connectivity index (χ1n) is 7.73. The SMILES string of the molecule is COc1cc(C=CCCNC(=O)OCc2ccccc2)ccc1N. The van der Waals surface area contributed by atoms with Gasteiger partial charge in [-0.3, -0.25) is 0 Å². The van der Waals surface area contributed by atoms with E-state index in [9.17, 15) is 4.79 Å². The Morgan fingerprint density at radius 3 is 2.75 bits per heavy atom. The van der Waals surface area contributed by atoms with Crippen molar-refractivity contribution in [2.75, 3.05) is 19.4 Å². The minimum atomic E-state index is -0.415. The van der Waals surface area contributed by atoms with Crippen molar-refractivity contribution in [2.24, 2.45) is 0 Å². The number of hydrogen-bond donors (Lipinski definition) is 2. The van der Waals surface area contributed by atoms with E-state index in [2.05, 4.69) is 5.32 Å². The summed E-state index contributed by atoms with van der Waals surface area (Å²) in [6.45, 7) is 0.782. The molecule has 2 rings (SSSR count). The largest absolute Gasteiger partial charge is 0.495 e. The average Bonchev–Trinajstić information content (AvgIpc) is 2.62. The summed E-state index contributed by atoms with van der Waals surface area (Å²) < 4.78 is 10.3. The van der Waals surface area contributed by atoms with E-state index in [1.807, 2.05) is 54.6 Å². The number of anilines is 1. The molecule has 0 aromatic heterocycles. The number of amides is 1. The number of methoxy groups -OCH3 is 1. The number of ether oxygens (including phenoxy) is 2. The van der Waals surface area contributed by atoms with Crippen LogP contribution in [0.15, 0.2) is 54.6 Å². The van der Waals surface area contributed by atoms with Gasteiger partial charge in [0.15, 0.2) is 0 Å². The van der Waals surface area contributed by atoms with Crippen LogP contribution in [0.4, 0.5) is 10.5 Å². The van der Waals surface area contributed by atoms with Crippen LogP contribution in [0.3, 0.4) is 0 Å². The van der Waals surface area contributed by atoms with E-state index in [0.29, 0.717) is 24.4 Å². The van der Waals surface area contributed by atoms with Gasteiger partial charge in [0.1, 0.15) is 12.4 Å². The minimum Gasteiger partial charge on any atom is -0.495 e. The van der Waals surface area contributed by atoms with Crippen molar-refractivity contribution in [2.45, 2.75) is 13.0 Å². The van der Waals surface area contributed by atoms with Crippen LogP contribution in [0.1, 0.15) is 17.5 Å². The summed E-state index contributed by atoms with van der Waals surface area (Å²) in [6.07, 6.45) is 4.22. The number of rotatable bonds is 7. The lowest BCUT2D eigenvalue weighted by atomic mass is 10.1. The minimum absolute atomic E-state index is 0.272. The summed E-state index contributed by atoms with van der Waals surface area (Å²) in [5.41, 5.74) is 8.33. The van der Waals surface area contributed by atoms with Crippen molar-refractivity contribution in [3.8, 4) is 5.75 Å². The van der Waals surface area contributed by atoms with Crippen LogP contribution in [-0.2, 0) is 11.3 Å². The molecule has 2 aromatic carbocycles. The molecule has 0 saturated heterocycles. The van der Waals surface area contributed by atoms with Gasteiger partial charge in [-0.05, 0) is 29.7 Å². The van der Waals surface area contributed by atoms with E-state index in [1.165, 1.54) is 0 Å². The van der Waals surface area contributed by atoms with Crippen LogP contribution < -0.4 is 15.8 Å². The zero-order valence-corrected chi connectivity index (χ0v) is 13.7. The number of nitrogens with two attached hydrogens (primary N) is 1. The molecule has 0 saturated carbocycles. The van der Waals surface area contributed by atoms with E-state index in [0.717, 1.165) is 11.1 Å². The van der Waals surface area contributed by atoms with Crippen LogP contribution in [0.5, 0.6) is 5.75 Å². The molecule has 2 aromatic rings. The van der Waals surface area contributed by atoms with E-state index >= 15 is 0 Å². The number of nitrogens with one attached hydrogen (secondary N) is 1. The van der Waals surface area contributed by atoms with Crippen LogP contribution in [-0.4, -0.2) is 19.7 Å². The molecule has 0 fully saturated rings. The Labute approximate surface area is 142 Å². The Morgan fingerprint density at radius 1 is 1.21 bits per heavy atom. The molecule has 0 aliphatic heterocycles. The number of benzene rings is 2. The molecular weight excluding hydrogens is 304 g/mol. The highest BCUT2D eigenvalue weighted by atomic mass is 16.5. The van der Waals surface area contributed by atoms with Gasteiger partial charge in [0.25, 0.3) is 0 Å². The van der Waals surface area contributed by atoms with Gasteiger partial charge in [0.2, 0.25) is 0 Å². The highest BCUT2D eigenvalue weighted by molar-refractivity contribution is 5.67.